The molecule has 1 saturated carbocycles. The lowest BCUT2D eigenvalue weighted by Crippen LogP contribution is -2.69. The van der Waals surface area contributed by atoms with Gasteiger partial charge in [0.15, 0.2) is 5.96 Å². The van der Waals surface area contributed by atoms with Crippen molar-refractivity contribution in [2.24, 2.45) is 16.3 Å². The Morgan fingerprint density at radius 3 is 2.65 bits per heavy atom. The second kappa shape index (κ2) is 7.39. The van der Waals surface area contributed by atoms with Crippen molar-refractivity contribution < 1.29 is 4.74 Å². The van der Waals surface area contributed by atoms with Gasteiger partial charge in [-0.1, -0.05) is 13.8 Å². The predicted molar refractivity (Wildman–Crippen MR) is 96.9 cm³/mol. The normalized spacial score (nSPS) is 34.8. The summed E-state index contributed by atoms with van der Waals surface area (Å²) in [6, 6.07) is 0.402. The van der Waals surface area contributed by atoms with Crippen molar-refractivity contribution in [1.82, 2.24) is 15.5 Å². The number of hydrogen-bond acceptors (Lipinski definition) is 3. The summed E-state index contributed by atoms with van der Waals surface area (Å²) in [5.41, 5.74) is 0.0526. The van der Waals surface area contributed by atoms with E-state index in [0.29, 0.717) is 12.0 Å². The van der Waals surface area contributed by atoms with E-state index < -0.39 is 0 Å². The molecular weight excluding hydrogens is 288 g/mol. The zero-order valence-electron chi connectivity index (χ0n) is 15.9. The molecule has 5 heteroatoms. The van der Waals surface area contributed by atoms with Crippen LogP contribution >= 0.6 is 0 Å². The molecule has 134 valence electrons. The van der Waals surface area contributed by atoms with Crippen LogP contribution in [0.3, 0.4) is 0 Å². The maximum Gasteiger partial charge on any atom is 0.191 e. The fourth-order valence-electron chi connectivity index (χ4n) is 3.85. The summed E-state index contributed by atoms with van der Waals surface area (Å²) in [6.07, 6.45) is 3.61. The fraction of sp³-hybridized carbons (Fsp3) is 0.944. The standard InChI is InChI=1S/C18H36N4O/c1-7-19-16(20-12-14-9-8-10-22(5)13-14)21-15-11-18(4,23-6)17(15,2)3/h14-15H,7-13H2,1-6H3,(H2,19,20,21). The highest BCUT2D eigenvalue weighted by molar-refractivity contribution is 5.80. The first kappa shape index (κ1) is 18.5. The number of hydrogen-bond donors (Lipinski definition) is 2. The quantitative estimate of drug-likeness (QED) is 0.600. The first-order chi connectivity index (χ1) is 10.8. The lowest BCUT2D eigenvalue weighted by molar-refractivity contribution is -0.176. The van der Waals surface area contributed by atoms with Crippen molar-refractivity contribution >= 4 is 5.96 Å². The molecule has 1 saturated heterocycles. The first-order valence-electron chi connectivity index (χ1n) is 9.11. The van der Waals surface area contributed by atoms with E-state index in [1.165, 1.54) is 25.9 Å². The van der Waals surface area contributed by atoms with Crippen LogP contribution in [0.25, 0.3) is 0 Å². The van der Waals surface area contributed by atoms with Gasteiger partial charge in [0, 0.05) is 38.2 Å². The van der Waals surface area contributed by atoms with Crippen molar-refractivity contribution in [2.75, 3.05) is 40.3 Å². The Bertz CT molecular complexity index is 423. The van der Waals surface area contributed by atoms with E-state index in [0.717, 1.165) is 25.5 Å². The zero-order valence-corrected chi connectivity index (χ0v) is 15.9. The molecule has 2 aliphatic rings. The number of nitrogens with zero attached hydrogens (tertiary/aromatic N) is 2. The molecule has 3 unspecified atom stereocenters. The molecule has 1 aliphatic carbocycles. The average Bonchev–Trinajstić information content (AvgIpc) is 2.52. The Kier molecular flexibility index (Phi) is 5.95. The molecule has 2 N–H and O–H groups in total. The number of likely N-dealkylation sites (tertiary alicyclic amines) is 1. The fourth-order valence-corrected chi connectivity index (χ4v) is 3.85. The second-order valence-electron chi connectivity index (χ2n) is 8.05. The molecule has 3 atom stereocenters. The van der Waals surface area contributed by atoms with Crippen molar-refractivity contribution in [3.8, 4) is 0 Å². The number of rotatable bonds is 5. The Labute approximate surface area is 142 Å². The summed E-state index contributed by atoms with van der Waals surface area (Å²) in [5.74, 6) is 1.64. The summed E-state index contributed by atoms with van der Waals surface area (Å²) in [7, 11) is 4.03. The molecule has 2 rings (SSSR count). The molecule has 1 heterocycles. The minimum atomic E-state index is -0.0475. The minimum Gasteiger partial charge on any atom is -0.378 e. The summed E-state index contributed by atoms with van der Waals surface area (Å²) < 4.78 is 5.72. The number of ether oxygens (including phenoxy) is 1. The van der Waals surface area contributed by atoms with Gasteiger partial charge in [-0.25, -0.2) is 0 Å². The van der Waals surface area contributed by atoms with E-state index in [9.17, 15) is 0 Å². The van der Waals surface area contributed by atoms with Gasteiger partial charge >= 0.3 is 0 Å². The van der Waals surface area contributed by atoms with Crippen LogP contribution in [0.5, 0.6) is 0 Å². The van der Waals surface area contributed by atoms with Crippen LogP contribution in [0.15, 0.2) is 4.99 Å². The molecule has 0 amide bonds. The first-order valence-corrected chi connectivity index (χ1v) is 9.11. The average molecular weight is 325 g/mol. The van der Waals surface area contributed by atoms with Crippen LogP contribution in [-0.2, 0) is 4.74 Å². The van der Waals surface area contributed by atoms with E-state index in [1.54, 1.807) is 0 Å². The highest BCUT2D eigenvalue weighted by Crippen LogP contribution is 2.51. The molecule has 0 aromatic heterocycles. The van der Waals surface area contributed by atoms with Gasteiger partial charge in [0.1, 0.15) is 0 Å². The molecular formula is C18H36N4O. The second-order valence-corrected chi connectivity index (χ2v) is 8.05. The largest absolute Gasteiger partial charge is 0.378 e. The number of methoxy groups -OCH3 is 1. The molecule has 0 aromatic rings. The van der Waals surface area contributed by atoms with Crippen molar-refractivity contribution in [3.63, 3.8) is 0 Å². The van der Waals surface area contributed by atoms with Gasteiger partial charge in [-0.15, -0.1) is 0 Å². The lowest BCUT2D eigenvalue weighted by Gasteiger charge is -2.59. The number of nitrogens with one attached hydrogen (secondary N) is 2. The Hall–Kier alpha value is -0.810. The lowest BCUT2D eigenvalue weighted by atomic mass is 9.56. The van der Waals surface area contributed by atoms with Crippen LogP contribution in [0.2, 0.25) is 0 Å². The van der Waals surface area contributed by atoms with Gasteiger partial charge in [-0.3, -0.25) is 4.99 Å². The summed E-state index contributed by atoms with van der Waals surface area (Å²) in [6.45, 7) is 13.1. The predicted octanol–water partition coefficient (Wildman–Crippen LogP) is 2.09. The van der Waals surface area contributed by atoms with Crippen molar-refractivity contribution in [2.45, 2.75) is 58.6 Å². The van der Waals surface area contributed by atoms with Crippen LogP contribution in [0.4, 0.5) is 0 Å². The van der Waals surface area contributed by atoms with Crippen LogP contribution < -0.4 is 10.6 Å². The topological polar surface area (TPSA) is 48.9 Å². The van der Waals surface area contributed by atoms with Gasteiger partial charge in [-0.05, 0) is 52.6 Å². The Balaban J connectivity index is 1.92. The van der Waals surface area contributed by atoms with E-state index in [2.05, 4.69) is 50.3 Å². The maximum absolute atomic E-state index is 5.72. The van der Waals surface area contributed by atoms with Gasteiger partial charge in [-0.2, -0.15) is 0 Å². The van der Waals surface area contributed by atoms with Gasteiger partial charge in [0.25, 0.3) is 0 Å². The number of aliphatic imine (C=N–C) groups is 1. The van der Waals surface area contributed by atoms with Crippen LogP contribution in [-0.4, -0.2) is 62.8 Å². The Morgan fingerprint density at radius 1 is 1.35 bits per heavy atom. The summed E-state index contributed by atoms with van der Waals surface area (Å²) in [4.78, 5) is 7.28. The Morgan fingerprint density at radius 2 is 2.09 bits per heavy atom. The highest BCUT2D eigenvalue weighted by atomic mass is 16.5. The summed E-state index contributed by atoms with van der Waals surface area (Å²) in [5, 5.41) is 7.03. The number of piperidine rings is 1. The molecule has 2 fully saturated rings. The highest BCUT2D eigenvalue weighted by Gasteiger charge is 2.58. The van der Waals surface area contributed by atoms with Crippen molar-refractivity contribution in [3.05, 3.63) is 0 Å². The monoisotopic (exact) mass is 324 g/mol. The molecule has 0 spiro atoms. The molecule has 0 radical (unpaired) electrons. The number of guanidine groups is 1. The van der Waals surface area contributed by atoms with Gasteiger partial charge in [0.2, 0.25) is 0 Å². The molecule has 0 bridgehead atoms. The van der Waals surface area contributed by atoms with Gasteiger partial charge in [0.05, 0.1) is 5.60 Å². The summed E-state index contributed by atoms with van der Waals surface area (Å²) >= 11 is 0. The van der Waals surface area contributed by atoms with E-state index in [4.69, 9.17) is 9.73 Å². The molecule has 5 nitrogen and oxygen atoms in total. The SMILES string of the molecule is CCNC(=NCC1CCCN(C)C1)NC1CC(C)(OC)C1(C)C. The van der Waals surface area contributed by atoms with Gasteiger partial charge < -0.3 is 20.3 Å². The van der Waals surface area contributed by atoms with Crippen molar-refractivity contribution in [1.29, 1.82) is 0 Å². The maximum atomic E-state index is 5.72. The zero-order chi connectivity index (χ0) is 17.1. The molecule has 23 heavy (non-hydrogen) atoms. The van der Waals surface area contributed by atoms with E-state index in [1.807, 2.05) is 7.11 Å². The van der Waals surface area contributed by atoms with Crippen LogP contribution in [0.1, 0.15) is 47.0 Å². The molecule has 1 aliphatic heterocycles. The third kappa shape index (κ3) is 4.00. The minimum absolute atomic E-state index is 0.0475. The van der Waals surface area contributed by atoms with E-state index in [-0.39, 0.29) is 11.0 Å². The smallest absolute Gasteiger partial charge is 0.191 e. The van der Waals surface area contributed by atoms with E-state index >= 15 is 0 Å². The third-order valence-corrected chi connectivity index (χ3v) is 6.16. The third-order valence-electron chi connectivity index (χ3n) is 6.16. The molecule has 0 aromatic carbocycles. The van der Waals surface area contributed by atoms with Crippen LogP contribution in [0, 0.1) is 11.3 Å².